The van der Waals surface area contributed by atoms with Crippen molar-refractivity contribution < 1.29 is 23.8 Å². The molecule has 0 aromatic heterocycles. The van der Waals surface area contributed by atoms with E-state index in [4.69, 9.17) is 25.7 Å². The van der Waals surface area contributed by atoms with Crippen LogP contribution in [0.4, 0.5) is 10.1 Å². The van der Waals surface area contributed by atoms with E-state index in [0.29, 0.717) is 5.56 Å². The second-order valence-corrected chi connectivity index (χ2v) is 5.50. The van der Waals surface area contributed by atoms with Crippen LogP contribution in [0.25, 0.3) is 6.08 Å². The molecule has 6 nitrogen and oxygen atoms in total. The Morgan fingerprint density at radius 3 is 2.59 bits per heavy atom. The average Bonchev–Trinajstić information content (AvgIpc) is 2.65. The van der Waals surface area contributed by atoms with Gasteiger partial charge >= 0.3 is 5.97 Å². The van der Waals surface area contributed by atoms with E-state index in [9.17, 15) is 9.18 Å². The summed E-state index contributed by atoms with van der Waals surface area (Å²) < 4.78 is 23.5. The van der Waals surface area contributed by atoms with Crippen molar-refractivity contribution in [3.63, 3.8) is 0 Å². The van der Waals surface area contributed by atoms with Crippen molar-refractivity contribution in [3.8, 4) is 5.75 Å². The summed E-state index contributed by atoms with van der Waals surface area (Å²) in [7, 11) is 0. The molecule has 0 aliphatic carbocycles. The van der Waals surface area contributed by atoms with Gasteiger partial charge in [-0.2, -0.15) is 0 Å². The zero-order valence-corrected chi connectivity index (χ0v) is 14.9. The molecule has 0 aliphatic rings. The monoisotopic (exact) mass is 372 g/mol. The van der Waals surface area contributed by atoms with Gasteiger partial charge in [-0.3, -0.25) is 0 Å². The molecule has 0 heterocycles. The molecule has 0 bridgehead atoms. The van der Waals surface area contributed by atoms with Gasteiger partial charge in [0.15, 0.2) is 0 Å². The molecule has 0 unspecified atom stereocenters. The average molecular weight is 372 g/mol. The van der Waals surface area contributed by atoms with E-state index in [0.717, 1.165) is 0 Å². The lowest BCUT2D eigenvalue weighted by molar-refractivity contribution is 0.0520. The van der Waals surface area contributed by atoms with Gasteiger partial charge in [-0.25, -0.2) is 9.18 Å². The summed E-state index contributed by atoms with van der Waals surface area (Å²) in [4.78, 5) is 12.2. The summed E-state index contributed by atoms with van der Waals surface area (Å²) in [5.74, 6) is -0.883. The maximum absolute atomic E-state index is 13.0. The number of hydrogen-bond donors (Lipinski definition) is 3. The number of nitrogens with one attached hydrogen (secondary N) is 1. The van der Waals surface area contributed by atoms with Crippen molar-refractivity contribution in [2.24, 2.45) is 0 Å². The molecule has 0 aliphatic heterocycles. The van der Waals surface area contributed by atoms with Gasteiger partial charge in [0.1, 0.15) is 23.7 Å². The lowest BCUT2D eigenvalue weighted by Gasteiger charge is -2.16. The lowest BCUT2D eigenvalue weighted by Crippen LogP contribution is -2.15. The van der Waals surface area contributed by atoms with E-state index in [1.807, 2.05) is 0 Å². The molecule has 2 rings (SSSR count). The zero-order valence-electron chi connectivity index (χ0n) is 14.9. The summed E-state index contributed by atoms with van der Waals surface area (Å²) in [6.45, 7) is 1.52. The third-order valence-electron chi connectivity index (χ3n) is 3.60. The minimum Gasteiger partial charge on any atom is -0.489 e. The van der Waals surface area contributed by atoms with Crippen molar-refractivity contribution in [1.29, 1.82) is 5.41 Å². The van der Waals surface area contributed by atoms with Crippen LogP contribution >= 0.6 is 0 Å². The molecule has 0 amide bonds. The van der Waals surface area contributed by atoms with Gasteiger partial charge in [0.25, 0.3) is 0 Å². The lowest BCUT2D eigenvalue weighted by atomic mass is 10.0. The number of hydrogen-bond acceptors (Lipinski definition) is 6. The summed E-state index contributed by atoms with van der Waals surface area (Å²) in [5, 5.41) is 17.4. The maximum atomic E-state index is 13.0. The number of esters is 1. The molecular weight excluding hydrogens is 351 g/mol. The predicted octanol–water partition coefficient (Wildman–Crippen LogP) is 3.04. The number of nitrogens with two attached hydrogens (primary N) is 1. The molecule has 0 radical (unpaired) electrons. The largest absolute Gasteiger partial charge is 0.489 e. The number of rotatable bonds is 8. The Kier molecular flexibility index (Phi) is 7.08. The van der Waals surface area contributed by atoms with Crippen LogP contribution in [0.1, 0.15) is 28.4 Å². The number of nitrogen functional groups attached to an aromatic ring is 1. The summed E-state index contributed by atoms with van der Waals surface area (Å²) >= 11 is 0. The van der Waals surface area contributed by atoms with E-state index in [1.54, 1.807) is 25.1 Å². The Morgan fingerprint density at radius 2 is 1.96 bits per heavy atom. The first-order chi connectivity index (χ1) is 13.0. The molecular formula is C20H21FN2O4. The molecule has 4 N–H and O–H groups in total. The van der Waals surface area contributed by atoms with Crippen LogP contribution in [0.15, 0.2) is 42.5 Å². The molecule has 142 valence electrons. The Balaban J connectivity index is 2.42. The molecule has 7 heteroatoms. The van der Waals surface area contributed by atoms with Crippen LogP contribution in [0.5, 0.6) is 5.75 Å². The Morgan fingerprint density at radius 1 is 1.26 bits per heavy atom. The first-order valence-corrected chi connectivity index (χ1v) is 8.33. The number of allylic oxidation sites excluding steroid dienone is 1. The first kappa shape index (κ1) is 20.1. The summed E-state index contributed by atoms with van der Waals surface area (Å²) in [5.41, 5.74) is 7.27. The smallest absolute Gasteiger partial charge is 0.341 e. The molecule has 2 aromatic rings. The fourth-order valence-corrected chi connectivity index (χ4v) is 2.38. The normalized spacial score (nSPS) is 10.8. The van der Waals surface area contributed by atoms with Crippen molar-refractivity contribution in [2.75, 3.05) is 25.6 Å². The van der Waals surface area contributed by atoms with Crippen LogP contribution in [0.3, 0.4) is 0 Å². The number of aliphatic hydroxyl groups is 1. The van der Waals surface area contributed by atoms with Crippen LogP contribution in [0.2, 0.25) is 0 Å². The Bertz CT molecular complexity index is 848. The van der Waals surface area contributed by atoms with E-state index in [1.165, 1.54) is 30.3 Å². The van der Waals surface area contributed by atoms with Gasteiger partial charge < -0.3 is 25.7 Å². The fraction of sp³-hybridized carbons (Fsp3) is 0.200. The first-order valence-electron chi connectivity index (χ1n) is 8.33. The van der Waals surface area contributed by atoms with Crippen LogP contribution in [0, 0.1) is 11.2 Å². The number of benzene rings is 2. The van der Waals surface area contributed by atoms with Crippen LogP contribution in [-0.2, 0) is 4.74 Å². The highest BCUT2D eigenvalue weighted by molar-refractivity contribution is 6.15. The highest BCUT2D eigenvalue weighted by Crippen LogP contribution is 2.31. The Hall–Kier alpha value is -3.19. The zero-order chi connectivity index (χ0) is 19.8. The number of aliphatic hydroxyl groups excluding tert-OH is 1. The quantitative estimate of drug-likeness (QED) is 0.375. The molecule has 0 saturated heterocycles. The number of halogens is 1. The number of ether oxygens (including phenoxy) is 2. The minimum absolute atomic E-state index is 0.00378. The van der Waals surface area contributed by atoms with Gasteiger partial charge in [-0.1, -0.05) is 18.2 Å². The molecule has 0 saturated carbocycles. The highest BCUT2D eigenvalue weighted by Gasteiger charge is 2.21. The van der Waals surface area contributed by atoms with Crippen molar-refractivity contribution >= 4 is 23.4 Å². The number of anilines is 1. The number of carbonyl (C=O) groups excluding carboxylic acids is 1. The van der Waals surface area contributed by atoms with Gasteiger partial charge in [-0.15, -0.1) is 0 Å². The molecule has 27 heavy (non-hydrogen) atoms. The third-order valence-corrected chi connectivity index (χ3v) is 3.60. The number of carbonyl (C=O) groups is 1. The highest BCUT2D eigenvalue weighted by atomic mass is 19.1. The SMILES string of the molecule is CCOC(=O)c1ccc(N)c(C(=N)/C=C/c2ccc(F)cc2)c1OCCO. The third kappa shape index (κ3) is 5.15. The van der Waals surface area contributed by atoms with E-state index < -0.39 is 5.97 Å². The van der Waals surface area contributed by atoms with Crippen molar-refractivity contribution in [1.82, 2.24) is 0 Å². The summed E-state index contributed by atoms with van der Waals surface area (Å²) in [6.07, 6.45) is 3.09. The predicted molar refractivity (Wildman–Crippen MR) is 102 cm³/mol. The second-order valence-electron chi connectivity index (χ2n) is 5.50. The second kappa shape index (κ2) is 9.49. The maximum Gasteiger partial charge on any atom is 0.341 e. The van der Waals surface area contributed by atoms with Gasteiger partial charge in [0.2, 0.25) is 0 Å². The molecule has 0 fully saturated rings. The standard InChI is InChI=1S/C20H21FN2O4/c1-2-26-20(25)15-8-10-17(23)18(19(15)27-12-11-24)16(22)9-5-13-3-6-14(21)7-4-13/h3-10,22,24H,2,11-12,23H2,1H3/b9-5+,22-16?. The van der Waals surface area contributed by atoms with E-state index in [-0.39, 0.29) is 53.9 Å². The van der Waals surface area contributed by atoms with Crippen molar-refractivity contribution in [3.05, 3.63) is 65.0 Å². The van der Waals surface area contributed by atoms with Gasteiger partial charge in [0, 0.05) is 5.69 Å². The van der Waals surface area contributed by atoms with Gasteiger partial charge in [-0.05, 0) is 42.8 Å². The molecule has 0 atom stereocenters. The fourth-order valence-electron chi connectivity index (χ4n) is 2.38. The van der Waals surface area contributed by atoms with E-state index in [2.05, 4.69) is 0 Å². The minimum atomic E-state index is -0.609. The van der Waals surface area contributed by atoms with Crippen molar-refractivity contribution in [2.45, 2.75) is 6.92 Å². The van der Waals surface area contributed by atoms with Crippen LogP contribution in [-0.4, -0.2) is 36.6 Å². The molecule has 0 spiro atoms. The Labute approximate surface area is 156 Å². The topological polar surface area (TPSA) is 106 Å². The summed E-state index contributed by atoms with van der Waals surface area (Å²) in [6, 6.07) is 8.72. The van der Waals surface area contributed by atoms with Crippen LogP contribution < -0.4 is 10.5 Å². The van der Waals surface area contributed by atoms with E-state index >= 15 is 0 Å². The van der Waals surface area contributed by atoms with Gasteiger partial charge in [0.05, 0.1) is 24.5 Å². The molecule has 2 aromatic carbocycles.